The Morgan fingerprint density at radius 3 is 2.65 bits per heavy atom. The predicted molar refractivity (Wildman–Crippen MR) is 64.2 cm³/mol. The van der Waals surface area contributed by atoms with Crippen molar-refractivity contribution in [3.05, 3.63) is 23.9 Å². The summed E-state index contributed by atoms with van der Waals surface area (Å²) in [6, 6.07) is 0. The zero-order chi connectivity index (χ0) is 12.6. The van der Waals surface area contributed by atoms with E-state index in [4.69, 9.17) is 10.8 Å². The number of dihydropyridines is 1. The van der Waals surface area contributed by atoms with E-state index in [9.17, 15) is 10.2 Å². The van der Waals surface area contributed by atoms with Crippen LogP contribution in [0.3, 0.4) is 0 Å². The lowest BCUT2D eigenvalue weighted by molar-refractivity contribution is -0.00130. The van der Waals surface area contributed by atoms with Crippen LogP contribution in [0.15, 0.2) is 28.9 Å². The lowest BCUT2D eigenvalue weighted by atomic mass is 9.91. The summed E-state index contributed by atoms with van der Waals surface area (Å²) in [7, 11) is 0. The first-order valence-electron chi connectivity index (χ1n) is 5.74. The molecule has 1 aliphatic carbocycles. The number of hydrogen-bond donors (Lipinski definition) is 4. The van der Waals surface area contributed by atoms with Gasteiger partial charge in [0.05, 0.1) is 12.2 Å². The Morgan fingerprint density at radius 1 is 1.41 bits per heavy atom. The average Bonchev–Trinajstić information content (AvgIpc) is 2.57. The summed E-state index contributed by atoms with van der Waals surface area (Å²) >= 11 is 0. The zero-order valence-corrected chi connectivity index (χ0v) is 9.58. The van der Waals surface area contributed by atoms with Crippen molar-refractivity contribution in [3.63, 3.8) is 0 Å². The molecule has 5 nitrogen and oxygen atoms in total. The second kappa shape index (κ2) is 4.60. The Morgan fingerprint density at radius 2 is 2.12 bits per heavy atom. The molecular weight excluding hydrogens is 220 g/mol. The van der Waals surface area contributed by atoms with Crippen molar-refractivity contribution in [2.24, 2.45) is 22.6 Å². The van der Waals surface area contributed by atoms with Gasteiger partial charge < -0.3 is 21.1 Å². The first kappa shape index (κ1) is 12.3. The van der Waals surface area contributed by atoms with Gasteiger partial charge in [0, 0.05) is 30.6 Å². The highest BCUT2D eigenvalue weighted by atomic mass is 16.3. The van der Waals surface area contributed by atoms with Gasteiger partial charge in [-0.15, -0.1) is 0 Å². The van der Waals surface area contributed by atoms with E-state index < -0.39 is 12.2 Å². The maximum atomic E-state index is 9.96. The molecule has 0 saturated heterocycles. The molecule has 17 heavy (non-hydrogen) atoms. The molecule has 0 aromatic carbocycles. The molecule has 0 bridgehead atoms. The summed E-state index contributed by atoms with van der Waals surface area (Å²) in [5.41, 5.74) is 7.27. The van der Waals surface area contributed by atoms with Gasteiger partial charge >= 0.3 is 0 Å². The third-order valence-electron chi connectivity index (χ3n) is 3.57. The van der Waals surface area contributed by atoms with E-state index in [0.29, 0.717) is 24.4 Å². The summed E-state index contributed by atoms with van der Waals surface area (Å²) in [4.78, 5) is 4.10. The van der Waals surface area contributed by atoms with Gasteiger partial charge in [-0.25, -0.2) is 4.99 Å². The molecule has 2 rings (SSSR count). The van der Waals surface area contributed by atoms with Gasteiger partial charge in [0.15, 0.2) is 0 Å². The van der Waals surface area contributed by atoms with Gasteiger partial charge in [0.2, 0.25) is 0 Å². The number of aliphatic hydroxyl groups excluding tert-OH is 3. The van der Waals surface area contributed by atoms with Crippen LogP contribution < -0.4 is 5.73 Å². The lowest BCUT2D eigenvalue weighted by Gasteiger charge is -2.22. The van der Waals surface area contributed by atoms with Crippen LogP contribution in [-0.2, 0) is 0 Å². The highest BCUT2D eigenvalue weighted by Crippen LogP contribution is 2.37. The van der Waals surface area contributed by atoms with Crippen LogP contribution in [-0.4, -0.2) is 40.0 Å². The molecule has 94 valence electrons. The third kappa shape index (κ3) is 2.13. The number of nitrogens with two attached hydrogens (primary N) is 1. The fourth-order valence-electron chi connectivity index (χ4n) is 2.57. The van der Waals surface area contributed by atoms with E-state index in [1.807, 2.05) is 6.08 Å². The molecule has 0 aromatic rings. The van der Waals surface area contributed by atoms with Crippen LogP contribution in [0.4, 0.5) is 0 Å². The van der Waals surface area contributed by atoms with Crippen LogP contribution in [0, 0.1) is 11.8 Å². The minimum atomic E-state index is -0.899. The van der Waals surface area contributed by atoms with Crippen LogP contribution in [0.2, 0.25) is 0 Å². The Bertz CT molecular complexity index is 389. The quantitative estimate of drug-likeness (QED) is 0.523. The summed E-state index contributed by atoms with van der Waals surface area (Å²) in [5, 5.41) is 28.8. The van der Waals surface area contributed by atoms with Crippen molar-refractivity contribution in [3.8, 4) is 0 Å². The van der Waals surface area contributed by atoms with Crippen molar-refractivity contribution in [1.29, 1.82) is 0 Å². The van der Waals surface area contributed by atoms with Crippen molar-refractivity contribution in [2.45, 2.75) is 25.0 Å². The molecule has 5 heteroatoms. The number of aliphatic hydroxyl groups is 3. The molecule has 5 N–H and O–H groups in total. The summed E-state index contributed by atoms with van der Waals surface area (Å²) in [5.74, 6) is -0.191. The zero-order valence-electron chi connectivity index (χ0n) is 9.58. The maximum absolute atomic E-state index is 9.96. The van der Waals surface area contributed by atoms with Crippen LogP contribution in [0.1, 0.15) is 12.8 Å². The van der Waals surface area contributed by atoms with E-state index >= 15 is 0 Å². The molecule has 1 fully saturated rings. The standard InChI is InChI=1S/C12H18N2O3/c1-6-2-3-8(12(13)14-6)9-4-7(5-15)10(16)11(9)17/h3,7,9-11,15-17H,1-2,4-5H2,(H2,13,14)/t7-,9+,10-,11+/m1/s1. The van der Waals surface area contributed by atoms with Crippen LogP contribution in [0.25, 0.3) is 0 Å². The molecule has 1 heterocycles. The Hall–Kier alpha value is -1.17. The number of amidine groups is 1. The first-order chi connectivity index (χ1) is 8.04. The molecule has 0 amide bonds. The third-order valence-corrected chi connectivity index (χ3v) is 3.57. The number of rotatable bonds is 2. The van der Waals surface area contributed by atoms with Gasteiger partial charge in [0.1, 0.15) is 5.84 Å². The second-order valence-corrected chi connectivity index (χ2v) is 4.69. The number of nitrogens with zero attached hydrogens (tertiary/aromatic N) is 1. The predicted octanol–water partition coefficient (Wildman–Crippen LogP) is -0.462. The van der Waals surface area contributed by atoms with E-state index in [1.54, 1.807) is 0 Å². The van der Waals surface area contributed by atoms with Crippen molar-refractivity contribution >= 4 is 5.84 Å². The smallest absolute Gasteiger partial charge is 0.126 e. The molecule has 4 atom stereocenters. The van der Waals surface area contributed by atoms with Crippen molar-refractivity contribution in [2.75, 3.05) is 6.61 Å². The van der Waals surface area contributed by atoms with Gasteiger partial charge in [-0.05, 0) is 12.0 Å². The highest BCUT2D eigenvalue weighted by molar-refractivity contribution is 5.99. The molecule has 0 aromatic heterocycles. The summed E-state index contributed by atoms with van der Waals surface area (Å²) in [6.07, 6.45) is 1.24. The monoisotopic (exact) mass is 238 g/mol. The minimum Gasteiger partial charge on any atom is -0.396 e. The van der Waals surface area contributed by atoms with Crippen molar-refractivity contribution < 1.29 is 15.3 Å². The van der Waals surface area contributed by atoms with Gasteiger partial charge in [-0.3, -0.25) is 0 Å². The Labute approximate surface area is 100.0 Å². The SMILES string of the molecule is C=C1CC=C([C@@H]2C[C@H](CO)[C@@H](O)[C@H]2O)C(N)=N1. The molecule has 0 radical (unpaired) electrons. The normalized spacial score (nSPS) is 37.9. The molecule has 0 unspecified atom stereocenters. The van der Waals surface area contributed by atoms with Crippen LogP contribution >= 0.6 is 0 Å². The Balaban J connectivity index is 2.19. The van der Waals surface area contributed by atoms with E-state index in [1.165, 1.54) is 0 Å². The molecule has 1 aliphatic heterocycles. The number of aliphatic imine (C=N–C) groups is 1. The average molecular weight is 238 g/mol. The Kier molecular flexibility index (Phi) is 3.33. The first-order valence-corrected chi connectivity index (χ1v) is 5.74. The topological polar surface area (TPSA) is 99.1 Å². The molecular formula is C12H18N2O3. The summed E-state index contributed by atoms with van der Waals surface area (Å²) in [6.45, 7) is 3.59. The fraction of sp³-hybridized carbons (Fsp3) is 0.583. The minimum absolute atomic E-state index is 0.133. The van der Waals surface area contributed by atoms with E-state index in [-0.39, 0.29) is 18.4 Å². The largest absolute Gasteiger partial charge is 0.396 e. The molecule has 2 aliphatic rings. The second-order valence-electron chi connectivity index (χ2n) is 4.69. The van der Waals surface area contributed by atoms with Crippen molar-refractivity contribution in [1.82, 2.24) is 0 Å². The maximum Gasteiger partial charge on any atom is 0.126 e. The van der Waals surface area contributed by atoms with Crippen LogP contribution in [0.5, 0.6) is 0 Å². The number of allylic oxidation sites excluding steroid dienone is 1. The lowest BCUT2D eigenvalue weighted by Crippen LogP contribution is -2.33. The van der Waals surface area contributed by atoms with Gasteiger partial charge in [-0.1, -0.05) is 12.7 Å². The van der Waals surface area contributed by atoms with E-state index in [0.717, 1.165) is 5.57 Å². The number of hydrogen-bond acceptors (Lipinski definition) is 5. The molecule has 0 spiro atoms. The van der Waals surface area contributed by atoms with E-state index in [2.05, 4.69) is 11.6 Å². The molecule has 1 saturated carbocycles. The van der Waals surface area contributed by atoms with Gasteiger partial charge in [0.25, 0.3) is 0 Å². The van der Waals surface area contributed by atoms with Gasteiger partial charge in [-0.2, -0.15) is 0 Å². The summed E-state index contributed by atoms with van der Waals surface area (Å²) < 4.78 is 0. The highest BCUT2D eigenvalue weighted by Gasteiger charge is 2.43. The fourth-order valence-corrected chi connectivity index (χ4v) is 2.57.